The van der Waals surface area contributed by atoms with Crippen LogP contribution in [0.3, 0.4) is 0 Å². The molecule has 2 amide bonds. The van der Waals surface area contributed by atoms with Gasteiger partial charge in [-0.15, -0.1) is 0 Å². The van der Waals surface area contributed by atoms with E-state index in [1.54, 1.807) is 9.80 Å². The lowest BCUT2D eigenvalue weighted by molar-refractivity contribution is -0.130. The van der Waals surface area contributed by atoms with E-state index in [1.807, 2.05) is 27.9 Å². The van der Waals surface area contributed by atoms with E-state index < -0.39 is 0 Å². The summed E-state index contributed by atoms with van der Waals surface area (Å²) in [6.45, 7) is 109. The molecule has 15 fully saturated rings. The zero-order valence-corrected chi connectivity index (χ0v) is 99.9. The van der Waals surface area contributed by atoms with Gasteiger partial charge in [0, 0.05) is 307 Å². The van der Waals surface area contributed by atoms with Crippen LogP contribution in [-0.2, 0) is 23.7 Å². The fourth-order valence-corrected chi connectivity index (χ4v) is 22.7. The Morgan fingerprint density at radius 1 is 0.393 bits per heavy atom. The monoisotopic (exact) mass is 2040 g/mol. The second-order valence-electron chi connectivity index (χ2n) is 52.0. The van der Waals surface area contributed by atoms with Gasteiger partial charge in [0.1, 0.15) is 0 Å². The summed E-state index contributed by atoms with van der Waals surface area (Å²) in [7, 11) is 9.59. The maximum atomic E-state index is 11.8. The highest BCUT2D eigenvalue weighted by molar-refractivity contribution is 5.77. The number of piperazine rings is 5. The molecule has 15 aliphatic rings. The summed E-state index contributed by atoms with van der Waals surface area (Å²) in [5.74, 6) is 2.80. The summed E-state index contributed by atoms with van der Waals surface area (Å²) in [6, 6.07) is 11.9. The molecule has 0 unspecified atom stereocenters. The molecule has 0 aromatic rings. The van der Waals surface area contributed by atoms with E-state index in [1.165, 1.54) is 267 Å². The molecule has 0 aromatic carbocycles. The van der Waals surface area contributed by atoms with Gasteiger partial charge in [-0.05, 0) is 360 Å². The first-order valence-electron chi connectivity index (χ1n) is 59.0. The Kier molecular flexibility index (Phi) is 57.7. The number of hydrogen-bond donors (Lipinski definition) is 2. The Bertz CT molecular complexity index is 3380. The Balaban J connectivity index is 0.000000223. The summed E-state index contributed by atoms with van der Waals surface area (Å²) in [4.78, 5) is 70.0. The zero-order valence-electron chi connectivity index (χ0n) is 99.9. The number of nitrogens with zero attached hydrogens (tertiary/aromatic N) is 21. The van der Waals surface area contributed by atoms with Crippen molar-refractivity contribution < 1.29 is 28.5 Å². The van der Waals surface area contributed by atoms with Crippen molar-refractivity contribution in [1.29, 1.82) is 10.5 Å². The first kappa shape index (κ1) is 129. The second kappa shape index (κ2) is 65.0. The van der Waals surface area contributed by atoms with Crippen LogP contribution in [0, 0.1) is 51.2 Å². The van der Waals surface area contributed by atoms with Crippen LogP contribution >= 0.6 is 0 Å². The lowest BCUT2D eigenvalue weighted by Crippen LogP contribution is -2.54. The fourth-order valence-electron chi connectivity index (χ4n) is 22.7. The molecule has 2 N–H and O–H groups in total. The first-order valence-corrected chi connectivity index (χ1v) is 59.0. The molecule has 145 heavy (non-hydrogen) atoms. The van der Waals surface area contributed by atoms with Gasteiger partial charge in [-0.2, -0.15) is 10.5 Å². The van der Waals surface area contributed by atoms with Crippen molar-refractivity contribution in [3.63, 3.8) is 0 Å². The van der Waals surface area contributed by atoms with Gasteiger partial charge in [-0.3, -0.25) is 63.6 Å². The molecule has 14 aliphatic heterocycles. The summed E-state index contributed by atoms with van der Waals surface area (Å²) in [5, 5.41) is 25.1. The van der Waals surface area contributed by atoms with Crippen molar-refractivity contribution in [3.05, 3.63) is 0 Å². The fraction of sp³-hybridized carbons (Fsp3) is 0.966. The summed E-state index contributed by atoms with van der Waals surface area (Å²) in [5.41, 5.74) is 0.960. The number of carbonyl (C=O) groups excluding carboxylic acids is 2. The van der Waals surface area contributed by atoms with Crippen molar-refractivity contribution in [1.82, 2.24) is 104 Å². The smallest absolute Gasteiger partial charge is 0.409 e. The Morgan fingerprint density at radius 3 is 1.08 bits per heavy atom. The number of carbonyl (C=O) groups is 2. The van der Waals surface area contributed by atoms with Crippen molar-refractivity contribution >= 4 is 12.0 Å². The van der Waals surface area contributed by atoms with Crippen LogP contribution in [0.5, 0.6) is 0 Å². The van der Waals surface area contributed by atoms with E-state index in [0.717, 1.165) is 192 Å². The second-order valence-corrected chi connectivity index (χ2v) is 52.0. The van der Waals surface area contributed by atoms with Gasteiger partial charge in [0.2, 0.25) is 5.91 Å². The van der Waals surface area contributed by atoms with Crippen molar-refractivity contribution in [2.45, 2.75) is 358 Å². The summed E-state index contributed by atoms with van der Waals surface area (Å²) >= 11 is 0. The largest absolute Gasteiger partial charge is 0.453 e. The number of likely N-dealkylation sites (N-methyl/N-ethyl adjacent to an activating group) is 4. The average molecular weight is 2040 g/mol. The van der Waals surface area contributed by atoms with Crippen LogP contribution < -0.4 is 10.6 Å². The van der Waals surface area contributed by atoms with Gasteiger partial charge in [0.15, 0.2) is 0 Å². The molecule has 0 bridgehead atoms. The van der Waals surface area contributed by atoms with E-state index in [0.29, 0.717) is 53.4 Å². The predicted molar refractivity (Wildman–Crippen MR) is 605 cm³/mol. The van der Waals surface area contributed by atoms with Crippen LogP contribution in [0.2, 0.25) is 0 Å². The average Bonchev–Trinajstić information content (AvgIpc) is 1.67. The first-order chi connectivity index (χ1) is 68.5. The molecule has 0 radical (unpaired) electrons. The Hall–Kier alpha value is -3.16. The van der Waals surface area contributed by atoms with Crippen LogP contribution in [0.4, 0.5) is 4.79 Å². The van der Waals surface area contributed by atoms with Crippen LogP contribution in [-0.4, -0.2) is 531 Å². The molecule has 846 valence electrons. The molecule has 1 saturated carbocycles. The lowest BCUT2D eigenvalue weighted by atomic mass is 9.92. The predicted octanol–water partition coefficient (Wildman–Crippen LogP) is 13.1. The zero-order chi connectivity index (χ0) is 107. The lowest BCUT2D eigenvalue weighted by Gasteiger charge is -2.44. The third-order valence-corrected chi connectivity index (χ3v) is 34.8. The maximum absolute atomic E-state index is 11.8. The van der Waals surface area contributed by atoms with E-state index in [-0.39, 0.29) is 28.4 Å². The van der Waals surface area contributed by atoms with Crippen LogP contribution in [0.15, 0.2) is 0 Å². The highest BCUT2D eigenvalue weighted by atomic mass is 16.5. The van der Waals surface area contributed by atoms with Gasteiger partial charge in [0.05, 0.1) is 69.1 Å². The van der Waals surface area contributed by atoms with Gasteiger partial charge < -0.3 is 63.9 Å². The van der Waals surface area contributed by atoms with Gasteiger partial charge in [-0.25, -0.2) is 4.79 Å². The Labute approximate surface area is 892 Å². The van der Waals surface area contributed by atoms with E-state index in [4.69, 9.17) is 29.5 Å². The maximum Gasteiger partial charge on any atom is 0.409 e. The van der Waals surface area contributed by atoms with Crippen molar-refractivity contribution in [2.75, 3.05) is 343 Å². The summed E-state index contributed by atoms with van der Waals surface area (Å²) < 4.78 is 20.8. The number of rotatable bonds is 23. The molecule has 29 nitrogen and oxygen atoms in total. The SMILES string of the molecule is CC(C)(C#N)CNC1CCN(C(C)(C)C)CC1.CC(C)(C)N1CCC(NCC2(C#N)CC2)CC1.CC(C)N1CCC(CN2CCOCC2)CC1.CC(C)N1CCC(N(C)C2COC2)CC1.CC(C)N1CCN(C)CC1.CC(C)N1CCN(C2CCOCC2)CC1.CCN1CCN(C(C)C)CC1.CN(C)C(=O)CN1CCN(CC2CCN(C(C)(C)C)CC2)CC1.COC(=O)N1CCN(CC2CCN(C(C)(C)C)CC2)CC1. The molecule has 0 atom stereocenters. The minimum Gasteiger partial charge on any atom is -0.453 e. The molecule has 15 rings (SSSR count). The van der Waals surface area contributed by atoms with Gasteiger partial charge >= 0.3 is 6.09 Å². The number of nitrogens with one attached hydrogen (secondary N) is 2. The van der Waals surface area contributed by atoms with E-state index in [9.17, 15) is 9.59 Å². The molecule has 29 heteroatoms. The molecule has 14 heterocycles. The minimum atomic E-state index is -0.249. The highest BCUT2D eigenvalue weighted by Gasteiger charge is 2.44. The molecule has 1 aliphatic carbocycles. The van der Waals surface area contributed by atoms with E-state index >= 15 is 0 Å². The van der Waals surface area contributed by atoms with E-state index in [2.05, 4.69) is 279 Å². The number of likely N-dealkylation sites (tertiary alicyclic amines) is 6. The molecular weight excluding hydrogens is 1810 g/mol. The molecule has 0 spiro atoms. The third-order valence-electron chi connectivity index (χ3n) is 34.8. The molecule has 14 saturated heterocycles. The number of hydrogen-bond acceptors (Lipinski definition) is 27. The van der Waals surface area contributed by atoms with Crippen LogP contribution in [0.25, 0.3) is 0 Å². The normalized spacial score (nSPS) is 24.3. The minimum absolute atomic E-state index is 0.00115. The van der Waals surface area contributed by atoms with Crippen molar-refractivity contribution in [3.8, 4) is 12.1 Å². The molecule has 0 aromatic heterocycles. The number of piperidine rings is 6. The number of nitriles is 2. The highest BCUT2D eigenvalue weighted by Crippen LogP contribution is 2.44. The third kappa shape index (κ3) is 48.8. The topological polar surface area (TPSA) is 204 Å². The van der Waals surface area contributed by atoms with Gasteiger partial charge in [0.25, 0.3) is 0 Å². The quantitative estimate of drug-likeness (QED) is 0.0976. The number of morpholine rings is 1. The van der Waals surface area contributed by atoms with Gasteiger partial charge in [-0.1, -0.05) is 6.92 Å². The number of ether oxygens (including phenoxy) is 4. The van der Waals surface area contributed by atoms with Crippen molar-refractivity contribution in [2.24, 2.45) is 28.6 Å². The number of methoxy groups -OCH3 is 1. The summed E-state index contributed by atoms with van der Waals surface area (Å²) in [6.07, 6.45) is 20.0. The Morgan fingerprint density at radius 2 is 0.731 bits per heavy atom. The standard InChI is InChI=1S/C18H36N4O.C16H31N3O2.C14H25N3.C14H27N3.C13H26N2O.2C12H24N2O.C9H20N2.C8H18N2/c1-18(2,3)22-8-6-16(7-9-22)14-20-10-12-21(13-11-20)15-17(23)19(4)5;1-16(2,3)19-7-5-14(6-8-19)13-17-9-11-18(12-10-17)15(20)21-4;1-13(2,3)17-8-4-12(5-9-17)16-11-14(10-15)6-7-14;1-13(2,3)17-8-6-12(7-9-17)16-11-14(4,5)10-15;1-12(2)15-5-3-13(4-6-15)11-14-7-9-16-10-8-14;1-11(2)13-5-7-14(8-6-13)12-3-9-15-10-4-12;1-10(2)14-6-4-11(5-7-14)13(3)12-8-15-9-12;1-4-10-5-7-11(8-6-10)9(2)3;1-8(2)10-6-4-9(3)5-7-10/h16H,6-15H2,1-5H3;14H,5-13H2,1-4H3;12,16H,4-9,11H2,1-3H3;12,16H,6-9,11H2,1-5H3;12-13H,3-11H2,1-2H3;11-12H,3-10H2,1-2H3;10-12H,4-9H2,1-3H3;9H,4-8H2,1-3H3;8H,4-7H2,1-3H3. The molecular formula is C116H231N23O6. The number of amides is 2. The van der Waals surface area contributed by atoms with Crippen LogP contribution in [0.1, 0.15) is 276 Å².